The number of hydrogen-bond donors (Lipinski definition) is 0. The number of halogens is 1. The third-order valence-corrected chi connectivity index (χ3v) is 3.57. The number of ether oxygens (including phenoxy) is 1. The number of ketones is 1. The van der Waals surface area contributed by atoms with E-state index in [-0.39, 0.29) is 5.78 Å². The molecule has 1 aliphatic heterocycles. The summed E-state index contributed by atoms with van der Waals surface area (Å²) < 4.78 is 5.41. The summed E-state index contributed by atoms with van der Waals surface area (Å²) in [5.41, 5.74) is 1.35. The number of benzene rings is 1. The van der Waals surface area contributed by atoms with E-state index in [4.69, 9.17) is 16.3 Å². The van der Waals surface area contributed by atoms with Crippen molar-refractivity contribution in [3.8, 4) is 5.75 Å². The number of alkyl halides is 1. The minimum absolute atomic E-state index is 0.0946. The van der Waals surface area contributed by atoms with Gasteiger partial charge in [0.2, 0.25) is 0 Å². The lowest BCUT2D eigenvalue weighted by molar-refractivity contribution is 0.0862. The average molecular weight is 239 g/mol. The molecule has 2 nitrogen and oxygen atoms in total. The smallest absolute Gasteiger partial charge is 0.169 e. The van der Waals surface area contributed by atoms with Crippen LogP contribution in [-0.2, 0) is 6.42 Å². The molecule has 1 aromatic carbocycles. The van der Waals surface area contributed by atoms with Gasteiger partial charge in [-0.25, -0.2) is 0 Å². The molecule has 0 amide bonds. The summed E-state index contributed by atoms with van der Waals surface area (Å²) >= 11 is 5.81. The number of Topliss-reactive ketones (excluding diaryl/α,β-unsaturated/α-hetero) is 1. The Labute approximate surface area is 101 Å². The lowest BCUT2D eigenvalue weighted by Gasteiger charge is -2.19. The Morgan fingerprint density at radius 1 is 1.50 bits per heavy atom. The maximum Gasteiger partial charge on any atom is 0.169 e. The Balaban J connectivity index is 2.32. The Morgan fingerprint density at radius 3 is 2.94 bits per heavy atom. The predicted molar refractivity (Wildman–Crippen MR) is 64.5 cm³/mol. The van der Waals surface area contributed by atoms with Crippen LogP contribution >= 0.6 is 11.6 Å². The molecule has 0 atom stereocenters. The first-order valence-electron chi connectivity index (χ1n) is 5.41. The second-order valence-corrected chi connectivity index (χ2v) is 5.03. The highest BCUT2D eigenvalue weighted by molar-refractivity contribution is 6.21. The minimum atomic E-state index is -0.505. The van der Waals surface area contributed by atoms with Gasteiger partial charge in [-0.15, -0.1) is 11.6 Å². The molecule has 0 radical (unpaired) electrons. The molecule has 0 saturated heterocycles. The summed E-state index contributed by atoms with van der Waals surface area (Å²) in [7, 11) is 0. The van der Waals surface area contributed by atoms with Gasteiger partial charge in [0.25, 0.3) is 0 Å². The molecule has 0 saturated carbocycles. The van der Waals surface area contributed by atoms with Crippen molar-refractivity contribution in [2.24, 2.45) is 5.41 Å². The Hall–Kier alpha value is -1.02. The Morgan fingerprint density at radius 2 is 2.25 bits per heavy atom. The molecule has 1 heterocycles. The summed E-state index contributed by atoms with van der Waals surface area (Å²) in [5.74, 6) is 1.33. The summed E-state index contributed by atoms with van der Waals surface area (Å²) in [6.45, 7) is 4.45. The SMILES string of the molecule is CC(C)(CCl)C(=O)c1ccc2c(c1)CCO2. The first kappa shape index (κ1) is 11.5. The van der Waals surface area contributed by atoms with E-state index in [9.17, 15) is 4.79 Å². The molecule has 86 valence electrons. The maximum absolute atomic E-state index is 12.2. The number of carbonyl (C=O) groups is 1. The maximum atomic E-state index is 12.2. The first-order chi connectivity index (χ1) is 7.54. The van der Waals surface area contributed by atoms with Crippen LogP contribution in [0.5, 0.6) is 5.75 Å². The molecule has 0 spiro atoms. The van der Waals surface area contributed by atoms with Gasteiger partial charge in [0, 0.05) is 23.3 Å². The van der Waals surface area contributed by atoms with E-state index in [1.165, 1.54) is 0 Å². The summed E-state index contributed by atoms with van der Waals surface area (Å²) in [4.78, 5) is 12.2. The van der Waals surface area contributed by atoms with Crippen LogP contribution in [0.15, 0.2) is 18.2 Å². The van der Waals surface area contributed by atoms with Crippen molar-refractivity contribution in [2.75, 3.05) is 12.5 Å². The van der Waals surface area contributed by atoms with E-state index in [1.807, 2.05) is 32.0 Å². The largest absolute Gasteiger partial charge is 0.493 e. The molecule has 3 heteroatoms. The van der Waals surface area contributed by atoms with Gasteiger partial charge in [-0.1, -0.05) is 13.8 Å². The standard InChI is InChI=1S/C13H15ClO2/c1-13(2,8-14)12(15)10-3-4-11-9(7-10)5-6-16-11/h3-4,7H,5-6,8H2,1-2H3. The number of hydrogen-bond acceptors (Lipinski definition) is 2. The van der Waals surface area contributed by atoms with E-state index in [2.05, 4.69) is 0 Å². The summed E-state index contributed by atoms with van der Waals surface area (Å²) in [6.07, 6.45) is 0.887. The van der Waals surface area contributed by atoms with Crippen molar-refractivity contribution >= 4 is 17.4 Å². The van der Waals surface area contributed by atoms with Crippen LogP contribution in [0.1, 0.15) is 29.8 Å². The lowest BCUT2D eigenvalue weighted by atomic mass is 9.85. The van der Waals surface area contributed by atoms with Gasteiger partial charge >= 0.3 is 0 Å². The highest BCUT2D eigenvalue weighted by atomic mass is 35.5. The molecule has 1 aromatic rings. The van der Waals surface area contributed by atoms with Gasteiger partial charge in [0.05, 0.1) is 6.61 Å². The zero-order valence-corrected chi connectivity index (χ0v) is 10.3. The van der Waals surface area contributed by atoms with Crippen molar-refractivity contribution < 1.29 is 9.53 Å². The quantitative estimate of drug-likeness (QED) is 0.598. The number of fused-ring (bicyclic) bond motifs is 1. The molecular weight excluding hydrogens is 224 g/mol. The zero-order chi connectivity index (χ0) is 11.8. The van der Waals surface area contributed by atoms with E-state index in [0.717, 1.165) is 23.3 Å². The van der Waals surface area contributed by atoms with Crippen LogP contribution in [0.4, 0.5) is 0 Å². The Bertz CT molecular complexity index is 424. The normalized spacial score (nSPS) is 14.4. The van der Waals surface area contributed by atoms with Crippen LogP contribution < -0.4 is 4.74 Å². The third-order valence-electron chi connectivity index (χ3n) is 2.90. The van der Waals surface area contributed by atoms with Crippen molar-refractivity contribution in [2.45, 2.75) is 20.3 Å². The lowest BCUT2D eigenvalue weighted by Crippen LogP contribution is -2.26. The summed E-state index contributed by atoms with van der Waals surface area (Å²) in [5, 5.41) is 0. The van der Waals surface area contributed by atoms with E-state index in [1.54, 1.807) is 0 Å². The van der Waals surface area contributed by atoms with E-state index >= 15 is 0 Å². The second-order valence-electron chi connectivity index (χ2n) is 4.77. The van der Waals surface area contributed by atoms with E-state index in [0.29, 0.717) is 12.5 Å². The van der Waals surface area contributed by atoms with Gasteiger partial charge in [-0.3, -0.25) is 4.79 Å². The van der Waals surface area contributed by atoms with Crippen LogP contribution in [0, 0.1) is 5.41 Å². The Kier molecular flexibility index (Phi) is 2.94. The van der Waals surface area contributed by atoms with E-state index < -0.39 is 5.41 Å². The minimum Gasteiger partial charge on any atom is -0.493 e. The topological polar surface area (TPSA) is 26.3 Å². The van der Waals surface area contributed by atoms with Crippen LogP contribution in [-0.4, -0.2) is 18.3 Å². The van der Waals surface area contributed by atoms with Crippen LogP contribution in [0.25, 0.3) is 0 Å². The van der Waals surface area contributed by atoms with Gasteiger partial charge in [-0.2, -0.15) is 0 Å². The van der Waals surface area contributed by atoms with Crippen LogP contribution in [0.3, 0.4) is 0 Å². The molecule has 0 aliphatic carbocycles. The molecule has 0 unspecified atom stereocenters. The fraction of sp³-hybridized carbons (Fsp3) is 0.462. The van der Waals surface area contributed by atoms with Crippen molar-refractivity contribution in [3.63, 3.8) is 0 Å². The summed E-state index contributed by atoms with van der Waals surface area (Å²) in [6, 6.07) is 5.62. The molecular formula is C13H15ClO2. The molecule has 0 bridgehead atoms. The highest BCUT2D eigenvalue weighted by Gasteiger charge is 2.28. The molecule has 16 heavy (non-hydrogen) atoms. The van der Waals surface area contributed by atoms with Gasteiger partial charge in [-0.05, 0) is 23.8 Å². The molecule has 0 fully saturated rings. The fourth-order valence-corrected chi connectivity index (χ4v) is 1.90. The number of rotatable bonds is 3. The monoisotopic (exact) mass is 238 g/mol. The average Bonchev–Trinajstić information content (AvgIpc) is 2.74. The van der Waals surface area contributed by atoms with Gasteiger partial charge in [0.15, 0.2) is 5.78 Å². The molecule has 0 aromatic heterocycles. The van der Waals surface area contributed by atoms with Crippen molar-refractivity contribution in [3.05, 3.63) is 29.3 Å². The highest BCUT2D eigenvalue weighted by Crippen LogP contribution is 2.29. The number of carbonyl (C=O) groups excluding carboxylic acids is 1. The third kappa shape index (κ3) is 1.94. The van der Waals surface area contributed by atoms with Crippen molar-refractivity contribution in [1.29, 1.82) is 0 Å². The second kappa shape index (κ2) is 4.10. The fourth-order valence-electron chi connectivity index (χ4n) is 1.78. The molecule has 1 aliphatic rings. The molecule has 0 N–H and O–H groups in total. The molecule has 2 rings (SSSR count). The zero-order valence-electron chi connectivity index (χ0n) is 9.55. The van der Waals surface area contributed by atoms with Crippen molar-refractivity contribution in [1.82, 2.24) is 0 Å². The first-order valence-corrected chi connectivity index (χ1v) is 5.94. The van der Waals surface area contributed by atoms with Gasteiger partial charge in [0.1, 0.15) is 5.75 Å². The predicted octanol–water partition coefficient (Wildman–Crippen LogP) is 3.07. The van der Waals surface area contributed by atoms with Gasteiger partial charge < -0.3 is 4.74 Å². The van der Waals surface area contributed by atoms with Crippen LogP contribution in [0.2, 0.25) is 0 Å².